The molecular weight excluding hydrogens is 280 g/mol. The summed E-state index contributed by atoms with van der Waals surface area (Å²) < 4.78 is 0. The number of rotatable bonds is 5. The molecular formula is C12H16N4OS2. The quantitative estimate of drug-likeness (QED) is 0.889. The Kier molecular flexibility index (Phi) is 4.62. The molecule has 0 spiro atoms. The van der Waals surface area contributed by atoms with Crippen molar-refractivity contribution < 1.29 is 4.79 Å². The fourth-order valence-corrected chi connectivity index (χ4v) is 3.30. The van der Waals surface area contributed by atoms with Crippen LogP contribution >= 0.6 is 22.7 Å². The van der Waals surface area contributed by atoms with E-state index in [0.29, 0.717) is 18.1 Å². The SMILES string of the molecule is CNCCC(=O)Nc1nc(-c2sc(C)nc2C)cs1. The number of hydrogen-bond acceptors (Lipinski definition) is 6. The molecule has 0 radical (unpaired) electrons. The molecule has 0 saturated carbocycles. The van der Waals surface area contributed by atoms with Crippen molar-refractivity contribution in [1.82, 2.24) is 15.3 Å². The van der Waals surface area contributed by atoms with Gasteiger partial charge in [-0.2, -0.15) is 0 Å². The molecule has 0 unspecified atom stereocenters. The van der Waals surface area contributed by atoms with Crippen molar-refractivity contribution in [3.8, 4) is 10.6 Å². The molecule has 0 fully saturated rings. The molecule has 2 N–H and O–H groups in total. The number of hydrogen-bond donors (Lipinski definition) is 2. The molecule has 0 bridgehead atoms. The number of carbonyl (C=O) groups is 1. The second kappa shape index (κ2) is 6.23. The third-order valence-electron chi connectivity index (χ3n) is 2.49. The molecule has 0 atom stereocenters. The Balaban J connectivity index is 2.07. The van der Waals surface area contributed by atoms with Crippen LogP contribution in [0.5, 0.6) is 0 Å². The second-order valence-corrected chi connectivity index (χ2v) is 6.15. The van der Waals surface area contributed by atoms with E-state index in [1.807, 2.05) is 26.3 Å². The molecule has 0 aliphatic rings. The van der Waals surface area contributed by atoms with Crippen LogP contribution in [0.15, 0.2) is 5.38 Å². The average molecular weight is 296 g/mol. The summed E-state index contributed by atoms with van der Waals surface area (Å²) in [5, 5.41) is 9.37. The normalized spacial score (nSPS) is 10.7. The van der Waals surface area contributed by atoms with E-state index < -0.39 is 0 Å². The lowest BCUT2D eigenvalue weighted by Crippen LogP contribution is -2.18. The van der Waals surface area contributed by atoms with Crippen LogP contribution in [0.1, 0.15) is 17.1 Å². The fourth-order valence-electron chi connectivity index (χ4n) is 1.62. The summed E-state index contributed by atoms with van der Waals surface area (Å²) in [6.45, 7) is 4.62. The third-order valence-corrected chi connectivity index (χ3v) is 4.34. The minimum atomic E-state index is -0.0209. The molecule has 2 aromatic rings. The Hall–Kier alpha value is -1.31. The summed E-state index contributed by atoms with van der Waals surface area (Å²) in [5.74, 6) is -0.0209. The highest BCUT2D eigenvalue weighted by atomic mass is 32.1. The van der Waals surface area contributed by atoms with Crippen LogP contribution in [-0.2, 0) is 4.79 Å². The predicted octanol–water partition coefficient (Wildman–Crippen LogP) is 2.43. The van der Waals surface area contributed by atoms with Gasteiger partial charge in [-0.05, 0) is 20.9 Å². The van der Waals surface area contributed by atoms with Crippen molar-refractivity contribution in [2.24, 2.45) is 0 Å². The van der Waals surface area contributed by atoms with Crippen molar-refractivity contribution in [2.45, 2.75) is 20.3 Å². The fraction of sp³-hybridized carbons (Fsp3) is 0.417. The van der Waals surface area contributed by atoms with Crippen molar-refractivity contribution in [1.29, 1.82) is 0 Å². The van der Waals surface area contributed by atoms with Crippen LogP contribution in [0.2, 0.25) is 0 Å². The van der Waals surface area contributed by atoms with Gasteiger partial charge in [0, 0.05) is 18.3 Å². The Morgan fingerprint density at radius 2 is 2.16 bits per heavy atom. The molecule has 2 heterocycles. The van der Waals surface area contributed by atoms with Gasteiger partial charge >= 0.3 is 0 Å². The number of amides is 1. The topological polar surface area (TPSA) is 66.9 Å². The van der Waals surface area contributed by atoms with Gasteiger partial charge in [-0.3, -0.25) is 4.79 Å². The van der Waals surface area contributed by atoms with Crippen LogP contribution in [-0.4, -0.2) is 29.5 Å². The van der Waals surface area contributed by atoms with Crippen LogP contribution in [0.25, 0.3) is 10.6 Å². The molecule has 0 aliphatic heterocycles. The van der Waals surface area contributed by atoms with E-state index in [2.05, 4.69) is 20.6 Å². The number of nitrogens with one attached hydrogen (secondary N) is 2. The summed E-state index contributed by atoms with van der Waals surface area (Å²) in [5.41, 5.74) is 1.87. The highest BCUT2D eigenvalue weighted by molar-refractivity contribution is 7.16. The first kappa shape index (κ1) is 14.1. The maximum atomic E-state index is 11.6. The molecule has 19 heavy (non-hydrogen) atoms. The maximum absolute atomic E-state index is 11.6. The Morgan fingerprint density at radius 3 is 2.79 bits per heavy atom. The summed E-state index contributed by atoms with van der Waals surface area (Å²) in [4.78, 5) is 21.5. The lowest BCUT2D eigenvalue weighted by Gasteiger charge is -2.00. The van der Waals surface area contributed by atoms with Gasteiger partial charge in [0.05, 0.1) is 21.3 Å². The lowest BCUT2D eigenvalue weighted by molar-refractivity contribution is -0.116. The van der Waals surface area contributed by atoms with Gasteiger partial charge < -0.3 is 10.6 Å². The third kappa shape index (κ3) is 3.59. The molecule has 2 aromatic heterocycles. The van der Waals surface area contributed by atoms with E-state index in [-0.39, 0.29) is 5.91 Å². The average Bonchev–Trinajstić information content (AvgIpc) is 2.93. The van der Waals surface area contributed by atoms with Gasteiger partial charge in [0.1, 0.15) is 0 Å². The Labute approximate surface area is 120 Å². The Bertz CT molecular complexity index is 576. The number of thiazole rings is 2. The highest BCUT2D eigenvalue weighted by Gasteiger charge is 2.12. The zero-order chi connectivity index (χ0) is 13.8. The van der Waals surface area contributed by atoms with E-state index in [1.165, 1.54) is 11.3 Å². The van der Waals surface area contributed by atoms with E-state index >= 15 is 0 Å². The van der Waals surface area contributed by atoms with Crippen LogP contribution in [0, 0.1) is 13.8 Å². The number of nitrogens with zero attached hydrogens (tertiary/aromatic N) is 2. The van der Waals surface area contributed by atoms with Gasteiger partial charge in [-0.15, -0.1) is 22.7 Å². The minimum absolute atomic E-state index is 0.0209. The molecule has 0 aliphatic carbocycles. The van der Waals surface area contributed by atoms with Crippen LogP contribution in [0.4, 0.5) is 5.13 Å². The monoisotopic (exact) mass is 296 g/mol. The first-order valence-corrected chi connectivity index (χ1v) is 7.64. The number of aromatic nitrogens is 2. The van der Waals surface area contributed by atoms with E-state index in [0.717, 1.165) is 21.3 Å². The molecule has 5 nitrogen and oxygen atoms in total. The van der Waals surface area contributed by atoms with Gasteiger partial charge in [0.2, 0.25) is 5.91 Å². The summed E-state index contributed by atoms with van der Waals surface area (Å²) in [7, 11) is 1.82. The zero-order valence-corrected chi connectivity index (χ0v) is 12.7. The molecule has 0 saturated heterocycles. The number of carbonyl (C=O) groups excluding carboxylic acids is 1. The second-order valence-electron chi connectivity index (χ2n) is 4.09. The van der Waals surface area contributed by atoms with Crippen LogP contribution < -0.4 is 10.6 Å². The Morgan fingerprint density at radius 1 is 1.37 bits per heavy atom. The first-order valence-electron chi connectivity index (χ1n) is 5.94. The number of aryl methyl sites for hydroxylation is 2. The predicted molar refractivity (Wildman–Crippen MR) is 79.9 cm³/mol. The minimum Gasteiger partial charge on any atom is -0.319 e. The standard InChI is InChI=1S/C12H16N4OS2/c1-7-11(19-8(2)14-7)9-6-18-12(15-9)16-10(17)4-5-13-3/h6,13H,4-5H2,1-3H3,(H,15,16,17). The highest BCUT2D eigenvalue weighted by Crippen LogP contribution is 2.31. The summed E-state index contributed by atoms with van der Waals surface area (Å²) in [6.07, 6.45) is 0.449. The molecule has 0 aromatic carbocycles. The van der Waals surface area contributed by atoms with Crippen molar-refractivity contribution >= 4 is 33.7 Å². The van der Waals surface area contributed by atoms with E-state index in [4.69, 9.17) is 0 Å². The zero-order valence-electron chi connectivity index (χ0n) is 11.1. The largest absolute Gasteiger partial charge is 0.319 e. The van der Waals surface area contributed by atoms with Gasteiger partial charge in [0.25, 0.3) is 0 Å². The first-order chi connectivity index (χ1) is 9.10. The van der Waals surface area contributed by atoms with E-state index in [9.17, 15) is 4.79 Å². The van der Waals surface area contributed by atoms with E-state index in [1.54, 1.807) is 11.3 Å². The summed E-state index contributed by atoms with van der Waals surface area (Å²) in [6, 6.07) is 0. The maximum Gasteiger partial charge on any atom is 0.227 e. The van der Waals surface area contributed by atoms with Crippen molar-refractivity contribution in [2.75, 3.05) is 18.9 Å². The number of anilines is 1. The molecule has 102 valence electrons. The van der Waals surface area contributed by atoms with Gasteiger partial charge in [-0.25, -0.2) is 9.97 Å². The lowest BCUT2D eigenvalue weighted by atomic mass is 10.3. The van der Waals surface area contributed by atoms with Gasteiger partial charge in [0.15, 0.2) is 5.13 Å². The van der Waals surface area contributed by atoms with Crippen molar-refractivity contribution in [3.63, 3.8) is 0 Å². The molecule has 2 rings (SSSR count). The molecule has 7 heteroatoms. The smallest absolute Gasteiger partial charge is 0.227 e. The van der Waals surface area contributed by atoms with Crippen LogP contribution in [0.3, 0.4) is 0 Å². The summed E-state index contributed by atoms with van der Waals surface area (Å²) >= 11 is 3.06. The van der Waals surface area contributed by atoms with Crippen molar-refractivity contribution in [3.05, 3.63) is 16.1 Å². The molecule has 1 amide bonds. The van der Waals surface area contributed by atoms with Gasteiger partial charge in [-0.1, -0.05) is 0 Å².